The van der Waals surface area contributed by atoms with Crippen LogP contribution in [0.2, 0.25) is 0 Å². The molecule has 1 atom stereocenters. The zero-order valence-corrected chi connectivity index (χ0v) is 10.7. The normalized spacial score (nSPS) is 22.6. The third kappa shape index (κ3) is 1.67. The van der Waals surface area contributed by atoms with Crippen LogP contribution in [0.3, 0.4) is 0 Å². The smallest absolute Gasteiger partial charge is 0.127 e. The molecule has 2 rings (SSSR count). The Balaban J connectivity index is 2.68. The average Bonchev–Trinajstić information content (AvgIpc) is 2.36. The Bertz CT molecular complexity index is 401. The number of hydrogen-bond donors (Lipinski definition) is 0. The van der Waals surface area contributed by atoms with Crippen molar-refractivity contribution in [2.75, 3.05) is 7.11 Å². The molecule has 0 radical (unpaired) electrons. The summed E-state index contributed by atoms with van der Waals surface area (Å²) in [4.78, 5) is 0.229. The fourth-order valence-electron chi connectivity index (χ4n) is 2.39. The maximum Gasteiger partial charge on any atom is 0.127 e. The van der Waals surface area contributed by atoms with Gasteiger partial charge < -0.3 is 4.74 Å². The maximum absolute atomic E-state index is 13.3. The zero-order chi connectivity index (χ0) is 11.2. The van der Waals surface area contributed by atoms with Gasteiger partial charge in [0.25, 0.3) is 0 Å². The molecule has 1 unspecified atom stereocenters. The van der Waals surface area contributed by atoms with E-state index < -0.39 is 0 Å². The summed E-state index contributed by atoms with van der Waals surface area (Å²) in [5.74, 6) is 0.435. The predicted octanol–water partition coefficient (Wildman–Crippen LogP) is 3.95. The molecular weight excluding hydrogens is 259 g/mol. The average molecular weight is 273 g/mol. The van der Waals surface area contributed by atoms with E-state index in [4.69, 9.17) is 4.74 Å². The molecule has 0 spiro atoms. The monoisotopic (exact) mass is 272 g/mol. The van der Waals surface area contributed by atoms with Gasteiger partial charge in [0, 0.05) is 16.5 Å². The van der Waals surface area contributed by atoms with Crippen LogP contribution in [0.15, 0.2) is 12.1 Å². The van der Waals surface area contributed by atoms with Gasteiger partial charge >= 0.3 is 0 Å². The van der Waals surface area contributed by atoms with Gasteiger partial charge in [-0.25, -0.2) is 4.39 Å². The zero-order valence-electron chi connectivity index (χ0n) is 9.10. The molecule has 1 aliphatic rings. The number of halogens is 2. The highest BCUT2D eigenvalue weighted by Gasteiger charge is 2.38. The summed E-state index contributed by atoms with van der Waals surface area (Å²) in [6.45, 7) is 4.32. The first kappa shape index (κ1) is 10.9. The van der Waals surface area contributed by atoms with Crippen molar-refractivity contribution in [1.82, 2.24) is 0 Å². The van der Waals surface area contributed by atoms with Gasteiger partial charge in [0.1, 0.15) is 11.6 Å². The van der Waals surface area contributed by atoms with Gasteiger partial charge in [-0.05, 0) is 23.5 Å². The van der Waals surface area contributed by atoms with Crippen molar-refractivity contribution in [1.29, 1.82) is 0 Å². The van der Waals surface area contributed by atoms with E-state index in [1.165, 1.54) is 6.07 Å². The Morgan fingerprint density at radius 2 is 2.13 bits per heavy atom. The second-order valence-electron chi connectivity index (χ2n) is 4.63. The van der Waals surface area contributed by atoms with Gasteiger partial charge in [0.05, 0.1) is 7.11 Å². The minimum Gasteiger partial charge on any atom is -0.496 e. The summed E-state index contributed by atoms with van der Waals surface area (Å²) in [5, 5.41) is 0. The highest BCUT2D eigenvalue weighted by atomic mass is 79.9. The molecule has 0 aliphatic heterocycles. The van der Waals surface area contributed by atoms with Gasteiger partial charge in [0.2, 0.25) is 0 Å². The van der Waals surface area contributed by atoms with Crippen LogP contribution in [0.4, 0.5) is 4.39 Å². The van der Waals surface area contributed by atoms with E-state index in [0.29, 0.717) is 5.75 Å². The second-order valence-corrected chi connectivity index (χ2v) is 5.73. The predicted molar refractivity (Wildman–Crippen MR) is 62.3 cm³/mol. The lowest BCUT2D eigenvalue weighted by Gasteiger charge is -2.21. The summed E-state index contributed by atoms with van der Waals surface area (Å²) in [6, 6.07) is 3.07. The molecule has 1 nitrogen and oxygen atoms in total. The molecule has 0 N–H and O–H groups in total. The number of fused-ring (bicyclic) bond motifs is 1. The van der Waals surface area contributed by atoms with Gasteiger partial charge in [-0.3, -0.25) is 0 Å². The van der Waals surface area contributed by atoms with Crippen molar-refractivity contribution >= 4 is 15.9 Å². The highest BCUT2D eigenvalue weighted by molar-refractivity contribution is 9.09. The first-order valence-electron chi connectivity index (χ1n) is 4.97. The fourth-order valence-corrected chi connectivity index (χ4v) is 3.56. The number of methoxy groups -OCH3 is 1. The molecular formula is C12H14BrFO. The topological polar surface area (TPSA) is 9.23 Å². The molecule has 15 heavy (non-hydrogen) atoms. The van der Waals surface area contributed by atoms with Crippen LogP contribution in [0.5, 0.6) is 5.75 Å². The number of alkyl halides is 1. The Kier molecular flexibility index (Phi) is 2.53. The first-order valence-corrected chi connectivity index (χ1v) is 5.89. The number of ether oxygens (including phenoxy) is 1. The van der Waals surface area contributed by atoms with E-state index >= 15 is 0 Å². The minimum absolute atomic E-state index is 0.0442. The first-order chi connectivity index (χ1) is 6.95. The van der Waals surface area contributed by atoms with Crippen LogP contribution < -0.4 is 4.74 Å². The van der Waals surface area contributed by atoms with E-state index in [0.717, 1.165) is 17.5 Å². The maximum atomic E-state index is 13.3. The molecule has 82 valence electrons. The van der Waals surface area contributed by atoms with Crippen molar-refractivity contribution in [2.45, 2.75) is 30.5 Å². The van der Waals surface area contributed by atoms with Crippen molar-refractivity contribution in [3.05, 3.63) is 29.1 Å². The Morgan fingerprint density at radius 3 is 2.73 bits per heavy atom. The third-order valence-electron chi connectivity index (χ3n) is 3.02. The van der Waals surface area contributed by atoms with Crippen molar-refractivity contribution in [3.8, 4) is 5.75 Å². The van der Waals surface area contributed by atoms with Gasteiger partial charge in [-0.2, -0.15) is 0 Å². The number of rotatable bonds is 1. The summed E-state index contributed by atoms with van der Waals surface area (Å²) < 4.78 is 18.6. The standard InChI is InChI=1S/C12H14BrFO/c1-12(2)6-9(13)8-4-7(14)5-10(15-3)11(8)12/h4-5,9H,6H2,1-3H3. The third-order valence-corrected chi connectivity index (χ3v) is 3.84. The van der Waals surface area contributed by atoms with E-state index in [2.05, 4.69) is 29.8 Å². The second kappa shape index (κ2) is 3.48. The van der Waals surface area contributed by atoms with Crippen LogP contribution in [0.1, 0.15) is 36.2 Å². The van der Waals surface area contributed by atoms with Crippen molar-refractivity contribution in [3.63, 3.8) is 0 Å². The quantitative estimate of drug-likeness (QED) is 0.704. The lowest BCUT2D eigenvalue weighted by atomic mass is 9.86. The van der Waals surface area contributed by atoms with Gasteiger partial charge in [-0.15, -0.1) is 0 Å². The van der Waals surface area contributed by atoms with Crippen LogP contribution >= 0.6 is 15.9 Å². The van der Waals surface area contributed by atoms with Gasteiger partial charge in [0.15, 0.2) is 0 Å². The van der Waals surface area contributed by atoms with E-state index in [9.17, 15) is 4.39 Å². The van der Waals surface area contributed by atoms with E-state index in [1.807, 2.05) is 0 Å². The van der Waals surface area contributed by atoms with E-state index in [1.54, 1.807) is 13.2 Å². The lowest BCUT2D eigenvalue weighted by molar-refractivity contribution is 0.392. The molecule has 0 fully saturated rings. The Labute approximate surface area is 97.8 Å². The lowest BCUT2D eigenvalue weighted by Crippen LogP contribution is -2.13. The number of hydrogen-bond acceptors (Lipinski definition) is 1. The van der Waals surface area contributed by atoms with Crippen molar-refractivity contribution < 1.29 is 9.13 Å². The van der Waals surface area contributed by atoms with Crippen LogP contribution in [-0.2, 0) is 5.41 Å². The minimum atomic E-state index is -0.229. The summed E-state index contributed by atoms with van der Waals surface area (Å²) in [6.07, 6.45) is 0.974. The Morgan fingerprint density at radius 1 is 1.47 bits per heavy atom. The van der Waals surface area contributed by atoms with E-state index in [-0.39, 0.29) is 16.1 Å². The molecule has 1 aromatic rings. The molecule has 1 aromatic carbocycles. The molecule has 0 bridgehead atoms. The summed E-state index contributed by atoms with van der Waals surface area (Å²) in [5.41, 5.74) is 2.20. The highest BCUT2D eigenvalue weighted by Crippen LogP contribution is 2.52. The summed E-state index contributed by atoms with van der Waals surface area (Å²) >= 11 is 3.59. The Hall–Kier alpha value is -0.570. The van der Waals surface area contributed by atoms with Crippen LogP contribution in [-0.4, -0.2) is 7.11 Å². The molecule has 0 saturated heterocycles. The number of benzene rings is 1. The molecule has 0 heterocycles. The molecule has 0 saturated carbocycles. The van der Waals surface area contributed by atoms with Gasteiger partial charge in [-0.1, -0.05) is 29.8 Å². The molecule has 1 aliphatic carbocycles. The SMILES string of the molecule is COc1cc(F)cc2c1C(C)(C)CC2Br. The summed E-state index contributed by atoms with van der Waals surface area (Å²) in [7, 11) is 1.59. The van der Waals surface area contributed by atoms with Crippen molar-refractivity contribution in [2.24, 2.45) is 0 Å². The molecule has 3 heteroatoms. The largest absolute Gasteiger partial charge is 0.496 e. The van der Waals surface area contributed by atoms with Crippen LogP contribution in [0.25, 0.3) is 0 Å². The molecule has 0 amide bonds. The van der Waals surface area contributed by atoms with Crippen LogP contribution in [0, 0.1) is 5.82 Å². The molecule has 0 aromatic heterocycles. The fraction of sp³-hybridized carbons (Fsp3) is 0.500.